The molecule has 29 heavy (non-hydrogen) atoms. The Morgan fingerprint density at radius 2 is 1.59 bits per heavy atom. The molecule has 150 valence electrons. The summed E-state index contributed by atoms with van der Waals surface area (Å²) in [4.78, 5) is 2.44. The maximum absolute atomic E-state index is 4.47. The molecule has 0 heterocycles. The van der Waals surface area contributed by atoms with Crippen LogP contribution in [0.1, 0.15) is 43.7 Å². The van der Waals surface area contributed by atoms with Gasteiger partial charge in [-0.25, -0.2) is 0 Å². The second kappa shape index (κ2) is 9.13. The Balaban J connectivity index is 2.02. The molecule has 0 aliphatic rings. The average molecular weight is 384 g/mol. The molecule has 0 saturated heterocycles. The summed E-state index contributed by atoms with van der Waals surface area (Å²) in [5, 5.41) is 4.50. The zero-order chi connectivity index (χ0) is 21.0. The van der Waals surface area contributed by atoms with Crippen LogP contribution < -0.4 is 15.3 Å². The quantitative estimate of drug-likeness (QED) is 0.315. The largest absolute Gasteiger partial charge is 0.341 e. The normalized spacial score (nSPS) is 11.0. The highest BCUT2D eigenvalue weighted by molar-refractivity contribution is 5.88. The Hall–Kier alpha value is -2.80. The van der Waals surface area contributed by atoms with Gasteiger partial charge in [-0.3, -0.25) is 0 Å². The van der Waals surface area contributed by atoms with E-state index >= 15 is 0 Å². The van der Waals surface area contributed by atoms with Gasteiger partial charge < -0.3 is 4.90 Å². The molecule has 3 aromatic carbocycles. The number of benzene rings is 3. The van der Waals surface area contributed by atoms with E-state index < -0.39 is 0 Å². The van der Waals surface area contributed by atoms with Crippen molar-refractivity contribution in [3.8, 4) is 0 Å². The van der Waals surface area contributed by atoms with E-state index in [4.69, 9.17) is 0 Å². The summed E-state index contributed by atoms with van der Waals surface area (Å²) in [6.07, 6.45) is 4.65. The summed E-state index contributed by atoms with van der Waals surface area (Å²) in [5.74, 6) is 0. The third-order valence-electron chi connectivity index (χ3n) is 5.64. The molecule has 1 nitrogen and oxygen atoms in total. The molecule has 0 aliphatic heterocycles. The van der Waals surface area contributed by atoms with Crippen molar-refractivity contribution in [1.82, 2.24) is 0 Å². The van der Waals surface area contributed by atoms with E-state index in [1.54, 1.807) is 0 Å². The summed E-state index contributed by atoms with van der Waals surface area (Å²) in [6.45, 7) is 20.3. The van der Waals surface area contributed by atoms with Crippen LogP contribution in [0.15, 0.2) is 60.7 Å². The van der Waals surface area contributed by atoms with Crippen molar-refractivity contribution < 1.29 is 0 Å². The van der Waals surface area contributed by atoms with Gasteiger partial charge in [0, 0.05) is 17.9 Å². The van der Waals surface area contributed by atoms with Gasteiger partial charge >= 0.3 is 0 Å². The topological polar surface area (TPSA) is 3.24 Å². The number of allylic oxidation sites excluding steroid dienone is 1. The van der Waals surface area contributed by atoms with Gasteiger partial charge in [0.2, 0.25) is 0 Å². The molecule has 0 saturated carbocycles. The fraction of sp³-hybridized carbons (Fsp3) is 0.286. The molecule has 0 bridgehead atoms. The number of hydrogen-bond acceptors (Lipinski definition) is 1. The van der Waals surface area contributed by atoms with Crippen molar-refractivity contribution in [3.05, 3.63) is 82.2 Å². The Morgan fingerprint density at radius 1 is 0.862 bits per heavy atom. The third kappa shape index (κ3) is 4.79. The minimum absolute atomic E-state index is 0.973. The third-order valence-corrected chi connectivity index (χ3v) is 5.64. The van der Waals surface area contributed by atoms with Crippen LogP contribution in [0.25, 0.3) is 23.9 Å². The van der Waals surface area contributed by atoms with Crippen molar-refractivity contribution >= 4 is 35.3 Å². The number of hydrogen-bond donors (Lipinski definition) is 0. The van der Waals surface area contributed by atoms with Gasteiger partial charge in [-0.2, -0.15) is 0 Å². The van der Waals surface area contributed by atoms with Crippen molar-refractivity contribution in [2.45, 2.75) is 46.5 Å². The molecule has 3 rings (SSSR count). The highest BCUT2D eigenvalue weighted by atomic mass is 15.1. The minimum atomic E-state index is 0.973. The zero-order valence-corrected chi connectivity index (χ0v) is 18.2. The lowest BCUT2D eigenvalue weighted by Crippen LogP contribution is -2.27. The van der Waals surface area contributed by atoms with Crippen molar-refractivity contribution in [2.75, 3.05) is 11.4 Å². The van der Waals surface area contributed by atoms with Crippen LogP contribution in [-0.4, -0.2) is 6.54 Å². The molecule has 0 fully saturated rings. The first-order valence-electron chi connectivity index (χ1n) is 10.6. The molecule has 3 aromatic rings. The van der Waals surface area contributed by atoms with Crippen LogP contribution in [-0.2, 0) is 0 Å². The van der Waals surface area contributed by atoms with Crippen molar-refractivity contribution in [1.29, 1.82) is 0 Å². The first kappa shape index (κ1) is 20.9. The second-order valence-corrected chi connectivity index (χ2v) is 8.29. The number of nitrogens with zero attached hydrogens (tertiary/aromatic N) is 1. The van der Waals surface area contributed by atoms with Crippen LogP contribution in [0.3, 0.4) is 0 Å². The maximum atomic E-state index is 4.47. The lowest BCUT2D eigenvalue weighted by Gasteiger charge is -2.28. The predicted octanol–water partition coefficient (Wildman–Crippen LogP) is 6.55. The van der Waals surface area contributed by atoms with E-state index in [1.165, 1.54) is 51.7 Å². The monoisotopic (exact) mass is 383 g/mol. The fourth-order valence-electron chi connectivity index (χ4n) is 4.09. The Labute approximate surface area is 175 Å². The van der Waals surface area contributed by atoms with Crippen LogP contribution in [0.2, 0.25) is 0 Å². The number of fused-ring (bicyclic) bond motifs is 1. The molecule has 0 N–H and O–H groups in total. The van der Waals surface area contributed by atoms with E-state index in [-0.39, 0.29) is 0 Å². The van der Waals surface area contributed by atoms with Crippen molar-refractivity contribution in [2.24, 2.45) is 0 Å². The lowest BCUT2D eigenvalue weighted by molar-refractivity contribution is 0.677. The van der Waals surface area contributed by atoms with Crippen LogP contribution in [0, 0.1) is 13.8 Å². The molecular weight excluding hydrogens is 350 g/mol. The lowest BCUT2D eigenvalue weighted by atomic mass is 10.0. The van der Waals surface area contributed by atoms with Gasteiger partial charge in [0.05, 0.1) is 0 Å². The number of anilines is 2. The van der Waals surface area contributed by atoms with Crippen LogP contribution in [0.5, 0.6) is 0 Å². The van der Waals surface area contributed by atoms with E-state index in [9.17, 15) is 0 Å². The molecule has 0 radical (unpaired) electrons. The SMILES string of the molecule is C=C(C)CCCCCN(c1ccc(C)cc1C)c1cc(=C)c2ccccc2c1=C. The summed E-state index contributed by atoms with van der Waals surface area (Å²) < 4.78 is 0. The zero-order valence-electron chi connectivity index (χ0n) is 18.2. The van der Waals surface area contributed by atoms with Gasteiger partial charge in [0.15, 0.2) is 0 Å². The predicted molar refractivity (Wildman–Crippen MR) is 130 cm³/mol. The molecule has 0 aliphatic carbocycles. The van der Waals surface area contributed by atoms with Gasteiger partial charge in [0.1, 0.15) is 0 Å². The second-order valence-electron chi connectivity index (χ2n) is 8.29. The Kier molecular flexibility index (Phi) is 6.59. The number of rotatable bonds is 8. The van der Waals surface area contributed by atoms with Gasteiger partial charge in [0.25, 0.3) is 0 Å². The minimum Gasteiger partial charge on any atom is -0.341 e. The van der Waals surface area contributed by atoms with Crippen LogP contribution in [0.4, 0.5) is 11.4 Å². The van der Waals surface area contributed by atoms with Gasteiger partial charge in [-0.1, -0.05) is 67.1 Å². The molecule has 0 unspecified atom stereocenters. The van der Waals surface area contributed by atoms with Crippen LogP contribution >= 0.6 is 0 Å². The molecule has 0 spiro atoms. The van der Waals surface area contributed by atoms with Crippen molar-refractivity contribution in [3.63, 3.8) is 0 Å². The van der Waals surface area contributed by atoms with E-state index in [0.717, 1.165) is 29.8 Å². The Morgan fingerprint density at radius 3 is 2.28 bits per heavy atom. The summed E-state index contributed by atoms with van der Waals surface area (Å²) in [7, 11) is 0. The van der Waals surface area contributed by atoms with Gasteiger partial charge in [-0.15, -0.1) is 6.58 Å². The summed E-state index contributed by atoms with van der Waals surface area (Å²) in [5.41, 5.74) is 6.28. The smallest absolute Gasteiger partial charge is 0.0490 e. The number of aryl methyl sites for hydroxylation is 2. The fourth-order valence-corrected chi connectivity index (χ4v) is 4.09. The molecular formula is C28H33N. The Bertz CT molecular complexity index is 1120. The molecule has 1 heteroatoms. The van der Waals surface area contributed by atoms with E-state index in [0.29, 0.717) is 0 Å². The molecule has 0 atom stereocenters. The molecule has 0 aromatic heterocycles. The standard InChI is InChI=1S/C28H33N/c1-20(2)12-8-7-11-17-29(27-16-15-21(3)18-23(27)5)28-19-22(4)25-13-9-10-14-26(25)24(28)6/h9-10,13-16,18-19H,1,4,6-8,11-12,17H2,2-3,5H3. The highest BCUT2D eigenvalue weighted by Gasteiger charge is 2.14. The average Bonchev–Trinajstić information content (AvgIpc) is 2.68. The summed E-state index contributed by atoms with van der Waals surface area (Å²) in [6, 6.07) is 17.4. The first-order chi connectivity index (χ1) is 13.9. The maximum Gasteiger partial charge on any atom is 0.0490 e. The highest BCUT2D eigenvalue weighted by Crippen LogP contribution is 2.28. The summed E-state index contributed by atoms with van der Waals surface area (Å²) >= 11 is 0. The molecule has 0 amide bonds. The van der Waals surface area contributed by atoms with Gasteiger partial charge in [-0.05, 0) is 78.9 Å². The number of unbranched alkanes of at least 4 members (excludes halogenated alkanes) is 2. The van der Waals surface area contributed by atoms with E-state index in [1.807, 2.05) is 0 Å². The first-order valence-corrected chi connectivity index (χ1v) is 10.6. The van der Waals surface area contributed by atoms with E-state index in [2.05, 4.69) is 93.9 Å².